The summed E-state index contributed by atoms with van der Waals surface area (Å²) in [6, 6.07) is -0.793. The van der Waals surface area contributed by atoms with E-state index in [0.29, 0.717) is 0 Å². The maximum atomic E-state index is 11.6. The lowest BCUT2D eigenvalue weighted by molar-refractivity contribution is -0.149. The average Bonchev–Trinajstić information content (AvgIpc) is 2.14. The minimum atomic E-state index is -1.32. The molecule has 0 bridgehead atoms. The molecular weight excluding hydrogens is 230 g/mol. The summed E-state index contributed by atoms with van der Waals surface area (Å²) in [5.74, 6) is -3.93. The first-order valence-electron chi connectivity index (χ1n) is 4.84. The van der Waals surface area contributed by atoms with Crippen LogP contribution in [0.3, 0.4) is 0 Å². The third-order valence-corrected chi connectivity index (χ3v) is 2.33. The van der Waals surface area contributed by atoms with Gasteiger partial charge < -0.3 is 10.2 Å². The largest absolute Gasteiger partial charge is 0.481 e. The molecule has 1 unspecified atom stereocenters. The Morgan fingerprint density at radius 2 is 2.00 bits per heavy atom. The zero-order valence-corrected chi connectivity index (χ0v) is 9.04. The fraction of sp³-hybridized carbons (Fsp3) is 0.400. The molecule has 2 N–H and O–H groups in total. The highest BCUT2D eigenvalue weighted by Gasteiger charge is 2.33. The van der Waals surface area contributed by atoms with Crippen molar-refractivity contribution < 1.29 is 29.4 Å². The highest BCUT2D eigenvalue weighted by molar-refractivity contribution is 6.11. The number of amides is 2. The molecule has 0 spiro atoms. The number of imide groups is 1. The minimum Gasteiger partial charge on any atom is -0.481 e. The molecule has 92 valence electrons. The molecule has 2 amide bonds. The summed E-state index contributed by atoms with van der Waals surface area (Å²) in [7, 11) is 0. The van der Waals surface area contributed by atoms with Gasteiger partial charge in [-0.3, -0.25) is 19.3 Å². The van der Waals surface area contributed by atoms with Crippen molar-refractivity contribution in [2.45, 2.75) is 25.8 Å². The molecule has 0 aromatic carbocycles. The Morgan fingerprint density at radius 3 is 2.41 bits per heavy atom. The van der Waals surface area contributed by atoms with Crippen LogP contribution in [0.25, 0.3) is 0 Å². The van der Waals surface area contributed by atoms with Gasteiger partial charge in [-0.05, 0) is 6.92 Å². The van der Waals surface area contributed by atoms with Crippen molar-refractivity contribution in [2.24, 2.45) is 0 Å². The molecule has 17 heavy (non-hydrogen) atoms. The number of hydrogen-bond donors (Lipinski definition) is 2. The van der Waals surface area contributed by atoms with Crippen LogP contribution in [0, 0.1) is 0 Å². The summed E-state index contributed by atoms with van der Waals surface area (Å²) in [5, 5.41) is 17.2. The number of aliphatic carboxylic acids is 2. The van der Waals surface area contributed by atoms with Gasteiger partial charge in [0, 0.05) is 12.1 Å². The van der Waals surface area contributed by atoms with Crippen LogP contribution in [0.2, 0.25) is 0 Å². The lowest BCUT2D eigenvalue weighted by atomic mass is 10.0. The van der Waals surface area contributed by atoms with Crippen LogP contribution in [0.5, 0.6) is 0 Å². The van der Waals surface area contributed by atoms with Crippen LogP contribution in [0.4, 0.5) is 0 Å². The van der Waals surface area contributed by atoms with Crippen LogP contribution < -0.4 is 0 Å². The van der Waals surface area contributed by atoms with Gasteiger partial charge in [-0.25, -0.2) is 4.79 Å². The van der Waals surface area contributed by atoms with Crippen LogP contribution in [0.15, 0.2) is 11.6 Å². The number of carbonyl (C=O) groups excluding carboxylic acids is 2. The average molecular weight is 241 g/mol. The molecule has 1 heterocycles. The minimum absolute atomic E-state index is 0.279. The van der Waals surface area contributed by atoms with Gasteiger partial charge in [0.05, 0.1) is 18.4 Å². The molecule has 0 radical (unpaired) electrons. The maximum Gasteiger partial charge on any atom is 0.332 e. The summed E-state index contributed by atoms with van der Waals surface area (Å²) >= 11 is 0. The molecule has 1 aliphatic heterocycles. The normalized spacial score (nSPS) is 17.7. The van der Waals surface area contributed by atoms with E-state index in [9.17, 15) is 19.2 Å². The van der Waals surface area contributed by atoms with Gasteiger partial charge in [-0.15, -0.1) is 0 Å². The number of carbonyl (C=O) groups is 4. The quantitative estimate of drug-likeness (QED) is 0.649. The lowest BCUT2D eigenvalue weighted by Gasteiger charge is -2.28. The molecule has 1 atom stereocenters. The zero-order valence-electron chi connectivity index (χ0n) is 9.04. The Hall–Kier alpha value is -2.18. The Labute approximate surface area is 96.3 Å². The molecule has 0 fully saturated rings. The van der Waals surface area contributed by atoms with Crippen molar-refractivity contribution in [1.29, 1.82) is 0 Å². The fourth-order valence-corrected chi connectivity index (χ4v) is 1.58. The van der Waals surface area contributed by atoms with E-state index in [4.69, 9.17) is 10.2 Å². The number of hydrogen-bond acceptors (Lipinski definition) is 4. The molecule has 0 saturated carbocycles. The van der Waals surface area contributed by atoms with E-state index in [2.05, 4.69) is 0 Å². The van der Waals surface area contributed by atoms with Gasteiger partial charge in [0.15, 0.2) is 0 Å². The molecule has 1 rings (SSSR count). The van der Waals surface area contributed by atoms with E-state index in [-0.39, 0.29) is 12.0 Å². The number of carboxylic acids is 2. The predicted octanol–water partition coefficient (Wildman–Crippen LogP) is -0.380. The fourth-order valence-electron chi connectivity index (χ4n) is 1.58. The predicted molar refractivity (Wildman–Crippen MR) is 53.9 cm³/mol. The third kappa shape index (κ3) is 2.90. The van der Waals surface area contributed by atoms with E-state index < -0.39 is 36.2 Å². The summed E-state index contributed by atoms with van der Waals surface area (Å²) in [4.78, 5) is 44.9. The highest BCUT2D eigenvalue weighted by Crippen LogP contribution is 2.17. The van der Waals surface area contributed by atoms with E-state index >= 15 is 0 Å². The van der Waals surface area contributed by atoms with E-state index in [1.54, 1.807) is 0 Å². The van der Waals surface area contributed by atoms with Gasteiger partial charge in [-0.2, -0.15) is 0 Å². The summed E-state index contributed by atoms with van der Waals surface area (Å²) in [5.41, 5.74) is -0.279. The summed E-state index contributed by atoms with van der Waals surface area (Å²) in [6.45, 7) is 1.42. The Bertz CT molecular complexity index is 425. The van der Waals surface area contributed by atoms with Gasteiger partial charge in [-0.1, -0.05) is 0 Å². The molecule has 1 aliphatic rings. The molecule has 0 saturated heterocycles. The summed E-state index contributed by atoms with van der Waals surface area (Å²) in [6.07, 6.45) is 0.0842. The monoisotopic (exact) mass is 241 g/mol. The third-order valence-electron chi connectivity index (χ3n) is 2.33. The Balaban J connectivity index is 2.90. The number of nitrogens with zero attached hydrogens (tertiary/aromatic N) is 1. The van der Waals surface area contributed by atoms with Gasteiger partial charge >= 0.3 is 11.9 Å². The maximum absolute atomic E-state index is 11.6. The molecule has 0 aliphatic carbocycles. The lowest BCUT2D eigenvalue weighted by Crippen LogP contribution is -2.46. The number of carboxylic acid groups (broad SMARTS) is 2. The van der Waals surface area contributed by atoms with Crippen LogP contribution >= 0.6 is 0 Å². The highest BCUT2D eigenvalue weighted by atomic mass is 16.4. The molecule has 7 heteroatoms. The zero-order chi connectivity index (χ0) is 13.2. The van der Waals surface area contributed by atoms with Crippen LogP contribution in [-0.2, 0) is 19.2 Å². The first kappa shape index (κ1) is 12.9. The first-order chi connectivity index (χ1) is 7.82. The molecule has 7 nitrogen and oxygen atoms in total. The van der Waals surface area contributed by atoms with E-state index in [0.717, 1.165) is 11.0 Å². The molecule has 0 aromatic rings. The summed E-state index contributed by atoms with van der Waals surface area (Å²) < 4.78 is 0. The Kier molecular flexibility index (Phi) is 3.62. The molecular formula is C10H11NO6. The standard InChI is InChI=1S/C10H11NO6/c1-5(2-9(14)15)11-7(12)3-6(10(16)17)4-8(11)13/h3,5H,2,4H2,1H3,(H,14,15)(H,16,17). The van der Waals surface area contributed by atoms with Crippen molar-refractivity contribution in [3.63, 3.8) is 0 Å². The van der Waals surface area contributed by atoms with E-state index in [1.807, 2.05) is 0 Å². The van der Waals surface area contributed by atoms with Gasteiger partial charge in [0.25, 0.3) is 5.91 Å². The number of rotatable bonds is 4. The van der Waals surface area contributed by atoms with Gasteiger partial charge in [0.2, 0.25) is 5.91 Å². The van der Waals surface area contributed by atoms with Crippen molar-refractivity contribution in [3.8, 4) is 0 Å². The topological polar surface area (TPSA) is 112 Å². The first-order valence-corrected chi connectivity index (χ1v) is 4.84. The van der Waals surface area contributed by atoms with Crippen LogP contribution in [-0.4, -0.2) is 44.9 Å². The SMILES string of the molecule is CC(CC(=O)O)N1C(=O)C=C(C(=O)O)CC1=O. The van der Waals surface area contributed by atoms with Crippen molar-refractivity contribution in [1.82, 2.24) is 4.90 Å². The second-order valence-electron chi connectivity index (χ2n) is 3.70. The van der Waals surface area contributed by atoms with Crippen molar-refractivity contribution in [3.05, 3.63) is 11.6 Å². The van der Waals surface area contributed by atoms with Crippen molar-refractivity contribution in [2.75, 3.05) is 0 Å². The van der Waals surface area contributed by atoms with Gasteiger partial charge in [0.1, 0.15) is 0 Å². The van der Waals surface area contributed by atoms with Crippen molar-refractivity contribution >= 4 is 23.8 Å². The second kappa shape index (κ2) is 4.77. The molecule has 0 aromatic heterocycles. The second-order valence-corrected chi connectivity index (χ2v) is 3.70. The van der Waals surface area contributed by atoms with E-state index in [1.165, 1.54) is 6.92 Å². The Morgan fingerprint density at radius 1 is 1.41 bits per heavy atom. The van der Waals surface area contributed by atoms with Crippen LogP contribution in [0.1, 0.15) is 19.8 Å². The smallest absolute Gasteiger partial charge is 0.332 e.